The molecule has 0 aromatic heterocycles. The van der Waals surface area contributed by atoms with Gasteiger partial charge in [-0.3, -0.25) is 4.79 Å². The molecule has 0 aliphatic carbocycles. The summed E-state index contributed by atoms with van der Waals surface area (Å²) in [6, 6.07) is 0. The van der Waals surface area contributed by atoms with Crippen molar-refractivity contribution >= 4 is 5.91 Å². The molecule has 1 amide bonds. The first-order valence-electron chi connectivity index (χ1n) is 2.86. The summed E-state index contributed by atoms with van der Waals surface area (Å²) < 4.78 is 0. The molecule has 3 N–H and O–H groups in total. The van der Waals surface area contributed by atoms with E-state index in [2.05, 4.69) is 5.32 Å². The molecule has 0 aromatic carbocycles. The minimum Gasteiger partial charge on any atom is -0.355 e. The Morgan fingerprint density at radius 2 is 2.22 bits per heavy atom. The van der Waals surface area contributed by atoms with Crippen LogP contribution in [0.4, 0.5) is 0 Å². The van der Waals surface area contributed by atoms with Crippen molar-refractivity contribution in [2.24, 2.45) is 5.73 Å². The zero-order valence-electron chi connectivity index (χ0n) is 5.22. The predicted molar refractivity (Wildman–Crippen MR) is 32.2 cm³/mol. The topological polar surface area (TPSA) is 75.0 Å². The Morgan fingerprint density at radius 3 is 2.67 bits per heavy atom. The summed E-state index contributed by atoms with van der Waals surface area (Å²) in [5, 5.41) is 12.3. The Balaban J connectivity index is 3.06. The van der Waals surface area contributed by atoms with Crippen LogP contribution in [0.2, 0.25) is 0 Å². The van der Waals surface area contributed by atoms with Crippen molar-refractivity contribution < 1.29 is 9.90 Å². The second-order valence-corrected chi connectivity index (χ2v) is 1.59. The lowest BCUT2D eigenvalue weighted by Crippen LogP contribution is -2.29. The number of nitrogens with two attached hydrogens (primary N) is 1. The van der Waals surface area contributed by atoms with E-state index in [-0.39, 0.29) is 18.9 Å². The maximum absolute atomic E-state index is 10.4. The van der Waals surface area contributed by atoms with Gasteiger partial charge in [-0.25, -0.2) is 5.11 Å². The normalized spacial score (nSPS) is 9.11. The highest BCUT2D eigenvalue weighted by Gasteiger charge is 1.96. The fourth-order valence-electron chi connectivity index (χ4n) is 0.393. The average Bonchev–Trinajstić information content (AvgIpc) is 1.85. The first-order chi connectivity index (χ1) is 4.31. The molecule has 9 heavy (non-hydrogen) atoms. The van der Waals surface area contributed by atoms with Gasteiger partial charge >= 0.3 is 0 Å². The predicted octanol–water partition coefficient (Wildman–Crippen LogP) is -1.12. The number of carbonyl (C=O) groups is 1. The summed E-state index contributed by atoms with van der Waals surface area (Å²) >= 11 is 0. The zero-order chi connectivity index (χ0) is 7.11. The second-order valence-electron chi connectivity index (χ2n) is 1.59. The number of amides is 1. The molecule has 53 valence electrons. The van der Waals surface area contributed by atoms with Crippen LogP contribution in [0, 0.1) is 0 Å². The van der Waals surface area contributed by atoms with E-state index in [0.717, 1.165) is 0 Å². The molecule has 0 atom stereocenters. The van der Waals surface area contributed by atoms with Crippen LogP contribution in [0.3, 0.4) is 0 Å². The summed E-state index contributed by atoms with van der Waals surface area (Å²) in [7, 11) is 0. The molecule has 0 bridgehead atoms. The van der Waals surface area contributed by atoms with Gasteiger partial charge in [0.1, 0.15) is 0 Å². The molecule has 1 radical (unpaired) electrons. The van der Waals surface area contributed by atoms with E-state index < -0.39 is 0 Å². The number of hydrogen-bond acceptors (Lipinski definition) is 2. The van der Waals surface area contributed by atoms with Crippen molar-refractivity contribution in [1.82, 2.24) is 5.32 Å². The van der Waals surface area contributed by atoms with Gasteiger partial charge in [0.2, 0.25) is 5.91 Å². The summed E-state index contributed by atoms with van der Waals surface area (Å²) in [6.45, 7) is 0.528. The third-order valence-electron chi connectivity index (χ3n) is 0.796. The van der Waals surface area contributed by atoms with Gasteiger partial charge < -0.3 is 11.1 Å². The molecule has 0 saturated carbocycles. The Hall–Kier alpha value is -0.610. The second kappa shape index (κ2) is 5.53. The van der Waals surface area contributed by atoms with Crippen LogP contribution in [0.25, 0.3) is 0 Å². The lowest BCUT2D eigenvalue weighted by Gasteiger charge is -1.98. The van der Waals surface area contributed by atoms with Gasteiger partial charge in [0.15, 0.2) is 0 Å². The monoisotopic (exact) mass is 131 g/mol. The largest absolute Gasteiger partial charge is 0.355 e. The zero-order valence-corrected chi connectivity index (χ0v) is 5.22. The molecule has 0 spiro atoms. The summed E-state index contributed by atoms with van der Waals surface area (Å²) in [5.74, 6) is -0.213. The summed E-state index contributed by atoms with van der Waals surface area (Å²) in [4.78, 5) is 10.4. The third-order valence-corrected chi connectivity index (χ3v) is 0.796. The molecule has 0 saturated heterocycles. The van der Waals surface area contributed by atoms with Crippen molar-refractivity contribution in [1.29, 1.82) is 0 Å². The van der Waals surface area contributed by atoms with Crippen LogP contribution in [0.5, 0.6) is 0 Å². The van der Waals surface area contributed by atoms with Crippen LogP contribution < -0.4 is 11.1 Å². The molecule has 4 heteroatoms. The van der Waals surface area contributed by atoms with Crippen molar-refractivity contribution in [3.63, 3.8) is 0 Å². The molecule has 0 aliphatic rings. The van der Waals surface area contributed by atoms with Gasteiger partial charge in [0.25, 0.3) is 0 Å². The summed E-state index contributed by atoms with van der Waals surface area (Å²) in [5.41, 5.74) is 5.08. The van der Waals surface area contributed by atoms with Crippen molar-refractivity contribution in [2.45, 2.75) is 6.42 Å². The Bertz CT molecular complexity index is 85.0. The lowest BCUT2D eigenvalue weighted by molar-refractivity contribution is -0.122. The lowest BCUT2D eigenvalue weighted by atomic mass is 10.4. The number of nitrogens with one attached hydrogen (secondary N) is 1. The first kappa shape index (κ1) is 8.39. The Kier molecular flexibility index (Phi) is 5.15. The van der Waals surface area contributed by atoms with E-state index in [4.69, 9.17) is 5.73 Å². The SMILES string of the molecule is NCCNC(=O)CC[O]. The van der Waals surface area contributed by atoms with Crippen LogP contribution in [0.1, 0.15) is 6.42 Å². The third kappa shape index (κ3) is 5.26. The van der Waals surface area contributed by atoms with Crippen molar-refractivity contribution in [3.05, 3.63) is 0 Å². The number of rotatable bonds is 4. The Labute approximate surface area is 54.0 Å². The van der Waals surface area contributed by atoms with Crippen molar-refractivity contribution in [3.8, 4) is 0 Å². The number of carbonyl (C=O) groups excluding carboxylic acids is 1. The van der Waals surface area contributed by atoms with E-state index in [9.17, 15) is 9.90 Å². The van der Waals surface area contributed by atoms with Gasteiger partial charge in [-0.1, -0.05) is 0 Å². The van der Waals surface area contributed by atoms with Crippen LogP contribution in [-0.2, 0) is 9.90 Å². The van der Waals surface area contributed by atoms with Crippen molar-refractivity contribution in [2.75, 3.05) is 19.7 Å². The van der Waals surface area contributed by atoms with E-state index in [0.29, 0.717) is 13.1 Å². The van der Waals surface area contributed by atoms with Crippen LogP contribution >= 0.6 is 0 Å². The van der Waals surface area contributed by atoms with Gasteiger partial charge in [-0.2, -0.15) is 0 Å². The van der Waals surface area contributed by atoms with E-state index in [1.807, 2.05) is 0 Å². The average molecular weight is 131 g/mol. The molecule has 0 heterocycles. The molecule has 0 unspecified atom stereocenters. The standard InChI is InChI=1S/C5H11N2O2/c6-2-3-7-5(9)1-4-8/h1-4,6H2,(H,7,9). The fraction of sp³-hybridized carbons (Fsp3) is 0.800. The van der Waals surface area contributed by atoms with Gasteiger partial charge in [-0.05, 0) is 0 Å². The molecule has 0 rings (SSSR count). The maximum Gasteiger partial charge on any atom is 0.222 e. The van der Waals surface area contributed by atoms with E-state index >= 15 is 0 Å². The fourth-order valence-corrected chi connectivity index (χ4v) is 0.393. The summed E-state index contributed by atoms with van der Waals surface area (Å²) in [6.07, 6.45) is 0.0556. The molecular formula is C5H11N2O2. The van der Waals surface area contributed by atoms with Crippen LogP contribution in [0.15, 0.2) is 0 Å². The Morgan fingerprint density at radius 1 is 1.56 bits per heavy atom. The highest BCUT2D eigenvalue weighted by Crippen LogP contribution is 1.74. The molecule has 0 aliphatic heterocycles. The molecule has 4 nitrogen and oxygen atoms in total. The molecule has 0 aromatic rings. The van der Waals surface area contributed by atoms with Crippen LogP contribution in [-0.4, -0.2) is 25.6 Å². The molecule has 0 fully saturated rings. The van der Waals surface area contributed by atoms with E-state index in [1.54, 1.807) is 0 Å². The minimum atomic E-state index is -0.351. The quantitative estimate of drug-likeness (QED) is 0.507. The van der Waals surface area contributed by atoms with Gasteiger partial charge in [-0.15, -0.1) is 0 Å². The van der Waals surface area contributed by atoms with E-state index in [1.165, 1.54) is 0 Å². The number of hydrogen-bond donors (Lipinski definition) is 2. The van der Waals surface area contributed by atoms with Gasteiger partial charge in [0.05, 0.1) is 13.0 Å². The van der Waals surface area contributed by atoms with Gasteiger partial charge in [0, 0.05) is 13.1 Å². The highest BCUT2D eigenvalue weighted by atomic mass is 16.3. The maximum atomic E-state index is 10.4. The minimum absolute atomic E-state index is 0.0556. The highest BCUT2D eigenvalue weighted by molar-refractivity contribution is 5.75. The smallest absolute Gasteiger partial charge is 0.222 e. The molecular weight excluding hydrogens is 120 g/mol. The first-order valence-corrected chi connectivity index (χ1v) is 2.86.